The van der Waals surface area contributed by atoms with E-state index in [1.807, 2.05) is 30.1 Å². The van der Waals surface area contributed by atoms with Crippen LogP contribution in [0.25, 0.3) is 0 Å². The maximum atomic E-state index is 13.5. The van der Waals surface area contributed by atoms with Gasteiger partial charge in [0.25, 0.3) is 0 Å². The molecule has 25 heavy (non-hydrogen) atoms. The summed E-state index contributed by atoms with van der Waals surface area (Å²) in [6.07, 6.45) is 0. The highest BCUT2D eigenvalue weighted by Gasteiger charge is 2.13. The zero-order valence-electron chi connectivity index (χ0n) is 14.1. The zero-order chi connectivity index (χ0) is 17.6. The Balaban J connectivity index is 1.49. The molecule has 0 aromatic heterocycles. The number of rotatable bonds is 6. The van der Waals surface area contributed by atoms with Crippen molar-refractivity contribution in [2.45, 2.75) is 13.1 Å². The van der Waals surface area contributed by atoms with Crippen LogP contribution in [0.5, 0.6) is 11.5 Å². The Labute approximate surface area is 146 Å². The summed E-state index contributed by atoms with van der Waals surface area (Å²) in [6.45, 7) is 2.12. The molecular formula is C19H21FN2O3. The summed E-state index contributed by atoms with van der Waals surface area (Å²) in [6, 6.07) is 12.2. The highest BCUT2D eigenvalue weighted by molar-refractivity contribution is 5.77. The van der Waals surface area contributed by atoms with Crippen LogP contribution in [0.3, 0.4) is 0 Å². The quantitative estimate of drug-likeness (QED) is 0.874. The first kappa shape index (κ1) is 17.2. The van der Waals surface area contributed by atoms with Crippen molar-refractivity contribution < 1.29 is 18.7 Å². The number of carbonyl (C=O) groups is 1. The molecule has 0 saturated heterocycles. The molecule has 0 radical (unpaired) electrons. The average Bonchev–Trinajstić information content (AvgIpc) is 2.61. The number of carbonyl (C=O) groups excluding carboxylic acids is 1. The van der Waals surface area contributed by atoms with Crippen LogP contribution in [-0.4, -0.2) is 37.6 Å². The van der Waals surface area contributed by atoms with Crippen LogP contribution in [0, 0.1) is 5.82 Å². The normalized spacial score (nSPS) is 12.9. The van der Waals surface area contributed by atoms with Gasteiger partial charge < -0.3 is 14.8 Å². The summed E-state index contributed by atoms with van der Waals surface area (Å²) in [5, 5.41) is 2.74. The lowest BCUT2D eigenvalue weighted by Gasteiger charge is -2.21. The Hall–Kier alpha value is -2.60. The number of amides is 1. The number of ether oxygens (including phenoxy) is 2. The van der Waals surface area contributed by atoms with Crippen LogP contribution in [0.2, 0.25) is 0 Å². The van der Waals surface area contributed by atoms with Gasteiger partial charge in [0.15, 0.2) is 11.5 Å². The Kier molecular flexibility index (Phi) is 5.50. The second kappa shape index (κ2) is 7.98. The fraction of sp³-hybridized carbons (Fsp3) is 0.316. The molecule has 0 spiro atoms. The minimum Gasteiger partial charge on any atom is -0.486 e. The minimum absolute atomic E-state index is 0.150. The lowest BCUT2D eigenvalue weighted by Crippen LogP contribution is -2.34. The molecule has 0 unspecified atom stereocenters. The van der Waals surface area contributed by atoms with E-state index in [9.17, 15) is 9.18 Å². The van der Waals surface area contributed by atoms with Gasteiger partial charge in [0.05, 0.1) is 6.54 Å². The molecule has 0 fully saturated rings. The molecule has 1 heterocycles. The smallest absolute Gasteiger partial charge is 0.234 e. The molecule has 1 aliphatic rings. The summed E-state index contributed by atoms with van der Waals surface area (Å²) >= 11 is 0. The van der Waals surface area contributed by atoms with Crippen LogP contribution in [0.1, 0.15) is 11.1 Å². The van der Waals surface area contributed by atoms with E-state index in [0.29, 0.717) is 25.3 Å². The Morgan fingerprint density at radius 3 is 2.72 bits per heavy atom. The largest absolute Gasteiger partial charge is 0.486 e. The molecule has 0 aliphatic carbocycles. The number of hydrogen-bond acceptors (Lipinski definition) is 4. The predicted molar refractivity (Wildman–Crippen MR) is 92.0 cm³/mol. The van der Waals surface area contributed by atoms with Crippen molar-refractivity contribution in [3.8, 4) is 11.5 Å². The van der Waals surface area contributed by atoms with Crippen LogP contribution < -0.4 is 14.8 Å². The SMILES string of the molecule is CN(CC(=O)NCc1ccccc1F)Cc1ccc2c(c1)OCCO2. The van der Waals surface area contributed by atoms with Crippen molar-refractivity contribution >= 4 is 5.91 Å². The second-order valence-electron chi connectivity index (χ2n) is 6.02. The minimum atomic E-state index is -0.313. The fourth-order valence-electron chi connectivity index (χ4n) is 2.69. The van der Waals surface area contributed by atoms with E-state index >= 15 is 0 Å². The van der Waals surface area contributed by atoms with Crippen LogP contribution in [-0.2, 0) is 17.9 Å². The topological polar surface area (TPSA) is 50.8 Å². The zero-order valence-corrected chi connectivity index (χ0v) is 14.1. The first-order chi connectivity index (χ1) is 12.1. The molecule has 6 heteroatoms. The second-order valence-corrected chi connectivity index (χ2v) is 6.02. The number of nitrogens with zero attached hydrogens (tertiary/aromatic N) is 1. The molecule has 1 aliphatic heterocycles. The maximum absolute atomic E-state index is 13.5. The van der Waals surface area contributed by atoms with Crippen molar-refractivity contribution in [2.75, 3.05) is 26.8 Å². The summed E-state index contributed by atoms with van der Waals surface area (Å²) in [5.41, 5.74) is 1.51. The van der Waals surface area contributed by atoms with Crippen molar-refractivity contribution in [2.24, 2.45) is 0 Å². The standard InChI is InChI=1S/C19H21FN2O3/c1-22(12-14-6-7-17-18(10-14)25-9-8-24-17)13-19(23)21-11-15-4-2-3-5-16(15)20/h2-7,10H,8-9,11-13H2,1H3,(H,21,23). The first-order valence-electron chi connectivity index (χ1n) is 8.19. The number of hydrogen-bond donors (Lipinski definition) is 1. The number of halogens is 1. The van der Waals surface area contributed by atoms with Crippen molar-refractivity contribution in [3.05, 3.63) is 59.4 Å². The van der Waals surface area contributed by atoms with Crippen LogP contribution >= 0.6 is 0 Å². The van der Waals surface area contributed by atoms with E-state index in [0.717, 1.165) is 17.1 Å². The lowest BCUT2D eigenvalue weighted by atomic mass is 10.2. The van der Waals surface area contributed by atoms with E-state index < -0.39 is 0 Å². The monoisotopic (exact) mass is 344 g/mol. The molecular weight excluding hydrogens is 323 g/mol. The Bertz CT molecular complexity index is 751. The van der Waals surface area contributed by atoms with Crippen LogP contribution in [0.15, 0.2) is 42.5 Å². The summed E-state index contributed by atoms with van der Waals surface area (Å²) in [7, 11) is 1.86. The van der Waals surface area contributed by atoms with Gasteiger partial charge in [0.2, 0.25) is 5.91 Å². The van der Waals surface area contributed by atoms with Gasteiger partial charge in [-0.05, 0) is 30.8 Å². The van der Waals surface area contributed by atoms with Gasteiger partial charge in [-0.2, -0.15) is 0 Å². The molecule has 132 valence electrons. The van der Waals surface area contributed by atoms with Crippen molar-refractivity contribution in [3.63, 3.8) is 0 Å². The highest BCUT2D eigenvalue weighted by atomic mass is 19.1. The maximum Gasteiger partial charge on any atom is 0.234 e. The summed E-state index contributed by atoms with van der Waals surface area (Å²) < 4.78 is 24.6. The molecule has 1 N–H and O–H groups in total. The summed E-state index contributed by atoms with van der Waals surface area (Å²) in [4.78, 5) is 13.9. The number of nitrogens with one attached hydrogen (secondary N) is 1. The Morgan fingerprint density at radius 2 is 1.92 bits per heavy atom. The van der Waals surface area contributed by atoms with Gasteiger partial charge in [-0.1, -0.05) is 24.3 Å². The first-order valence-corrected chi connectivity index (χ1v) is 8.19. The molecule has 0 bridgehead atoms. The van der Waals surface area contributed by atoms with Gasteiger partial charge in [-0.3, -0.25) is 9.69 Å². The molecule has 2 aromatic rings. The lowest BCUT2D eigenvalue weighted by molar-refractivity contribution is -0.122. The number of likely N-dealkylation sites (N-methyl/N-ethyl adjacent to an activating group) is 1. The molecule has 0 saturated carbocycles. The molecule has 0 atom stereocenters. The third-order valence-electron chi connectivity index (χ3n) is 3.91. The molecule has 5 nitrogen and oxygen atoms in total. The third-order valence-corrected chi connectivity index (χ3v) is 3.91. The van der Waals surface area contributed by atoms with E-state index in [4.69, 9.17) is 9.47 Å². The molecule has 1 amide bonds. The van der Waals surface area contributed by atoms with E-state index in [2.05, 4.69) is 5.32 Å². The summed E-state index contributed by atoms with van der Waals surface area (Å²) in [5.74, 6) is 1.03. The predicted octanol–water partition coefficient (Wildman–Crippen LogP) is 2.35. The van der Waals surface area contributed by atoms with Crippen molar-refractivity contribution in [1.82, 2.24) is 10.2 Å². The van der Waals surface area contributed by atoms with Gasteiger partial charge in [-0.15, -0.1) is 0 Å². The van der Waals surface area contributed by atoms with E-state index in [1.165, 1.54) is 6.07 Å². The fourth-order valence-corrected chi connectivity index (χ4v) is 2.69. The van der Waals surface area contributed by atoms with E-state index in [-0.39, 0.29) is 24.8 Å². The third kappa shape index (κ3) is 4.70. The number of fused-ring (bicyclic) bond motifs is 1. The van der Waals surface area contributed by atoms with Gasteiger partial charge in [0.1, 0.15) is 19.0 Å². The van der Waals surface area contributed by atoms with Crippen molar-refractivity contribution in [1.29, 1.82) is 0 Å². The Morgan fingerprint density at radius 1 is 1.16 bits per heavy atom. The molecule has 3 rings (SSSR count). The van der Waals surface area contributed by atoms with Gasteiger partial charge in [0, 0.05) is 18.7 Å². The van der Waals surface area contributed by atoms with E-state index in [1.54, 1.807) is 18.2 Å². The average molecular weight is 344 g/mol. The van der Waals surface area contributed by atoms with Crippen LogP contribution in [0.4, 0.5) is 4.39 Å². The highest BCUT2D eigenvalue weighted by Crippen LogP contribution is 2.30. The number of benzene rings is 2. The molecule has 2 aromatic carbocycles. The van der Waals surface area contributed by atoms with Gasteiger partial charge in [-0.25, -0.2) is 4.39 Å². The van der Waals surface area contributed by atoms with Gasteiger partial charge >= 0.3 is 0 Å².